The van der Waals surface area contributed by atoms with Crippen molar-refractivity contribution in [3.05, 3.63) is 34.4 Å². The molecule has 0 radical (unpaired) electrons. The molecule has 5 nitrogen and oxygen atoms in total. The number of aromatic carboxylic acids is 2. The second-order valence-electron chi connectivity index (χ2n) is 4.05. The Labute approximate surface area is 97.6 Å². The van der Waals surface area contributed by atoms with E-state index in [0.29, 0.717) is 24.2 Å². The van der Waals surface area contributed by atoms with Crippen LogP contribution in [0.5, 0.6) is 0 Å². The fourth-order valence-corrected chi connectivity index (χ4v) is 1.89. The number of benzene rings is 1. The lowest BCUT2D eigenvalue weighted by atomic mass is 9.93. The standard InChI is InChI=1S/C12H12O5/c1-6-2-3-8(11(13)14)9(4-7-5-17-7)10(6)12(15)16/h2-3,7H,4-5H2,1H3,(H,13,14)(H,15,16)/t7-/m0/s1. The lowest BCUT2D eigenvalue weighted by molar-refractivity contribution is 0.0694. The van der Waals surface area contributed by atoms with Crippen LogP contribution in [-0.4, -0.2) is 34.9 Å². The molecule has 1 heterocycles. The highest BCUT2D eigenvalue weighted by Crippen LogP contribution is 2.25. The van der Waals surface area contributed by atoms with E-state index >= 15 is 0 Å². The number of hydrogen-bond donors (Lipinski definition) is 2. The van der Waals surface area contributed by atoms with E-state index in [2.05, 4.69) is 0 Å². The van der Waals surface area contributed by atoms with Crippen LogP contribution in [0.4, 0.5) is 0 Å². The van der Waals surface area contributed by atoms with Crippen molar-refractivity contribution in [2.24, 2.45) is 0 Å². The molecule has 0 saturated carbocycles. The van der Waals surface area contributed by atoms with Gasteiger partial charge in [-0.3, -0.25) is 0 Å². The summed E-state index contributed by atoms with van der Waals surface area (Å²) in [6, 6.07) is 2.96. The highest BCUT2D eigenvalue weighted by Gasteiger charge is 2.29. The molecule has 1 aliphatic rings. The van der Waals surface area contributed by atoms with E-state index in [-0.39, 0.29) is 17.2 Å². The number of epoxide rings is 1. The quantitative estimate of drug-likeness (QED) is 0.770. The molecule has 1 fully saturated rings. The van der Waals surface area contributed by atoms with Crippen molar-refractivity contribution in [1.29, 1.82) is 0 Å². The number of aryl methyl sites for hydroxylation is 1. The van der Waals surface area contributed by atoms with Gasteiger partial charge in [-0.05, 0) is 24.1 Å². The van der Waals surface area contributed by atoms with Crippen molar-refractivity contribution in [2.75, 3.05) is 6.61 Å². The maximum absolute atomic E-state index is 11.2. The Kier molecular flexibility index (Phi) is 2.85. The van der Waals surface area contributed by atoms with E-state index in [1.807, 2.05) is 0 Å². The number of carbonyl (C=O) groups is 2. The smallest absolute Gasteiger partial charge is 0.336 e. The third-order valence-corrected chi connectivity index (χ3v) is 2.80. The Bertz CT molecular complexity index is 488. The van der Waals surface area contributed by atoms with Gasteiger partial charge in [0.25, 0.3) is 0 Å². The first kappa shape index (κ1) is 11.6. The van der Waals surface area contributed by atoms with Crippen LogP contribution in [0.3, 0.4) is 0 Å². The highest BCUT2D eigenvalue weighted by atomic mass is 16.6. The molecule has 1 aliphatic heterocycles. The molecule has 2 rings (SSSR count). The third kappa shape index (κ3) is 2.29. The minimum absolute atomic E-state index is 0.0449. The molecule has 17 heavy (non-hydrogen) atoms. The minimum atomic E-state index is -1.11. The Morgan fingerprint density at radius 2 is 2.00 bits per heavy atom. The molecule has 1 aromatic rings. The van der Waals surface area contributed by atoms with Crippen LogP contribution in [0.1, 0.15) is 31.8 Å². The van der Waals surface area contributed by atoms with Crippen LogP contribution in [0.2, 0.25) is 0 Å². The minimum Gasteiger partial charge on any atom is -0.478 e. The topological polar surface area (TPSA) is 87.1 Å². The number of carboxylic acids is 2. The fraction of sp³-hybridized carbons (Fsp3) is 0.333. The van der Waals surface area contributed by atoms with Gasteiger partial charge in [-0.25, -0.2) is 9.59 Å². The van der Waals surface area contributed by atoms with Crippen molar-refractivity contribution in [3.63, 3.8) is 0 Å². The molecule has 0 spiro atoms. The van der Waals surface area contributed by atoms with Gasteiger partial charge in [-0.2, -0.15) is 0 Å². The fourth-order valence-electron chi connectivity index (χ4n) is 1.89. The van der Waals surface area contributed by atoms with Crippen molar-refractivity contribution in [3.8, 4) is 0 Å². The average Bonchev–Trinajstić information content (AvgIpc) is 3.00. The molecule has 0 aromatic heterocycles. The van der Waals surface area contributed by atoms with Gasteiger partial charge in [0.2, 0.25) is 0 Å². The Hall–Kier alpha value is -1.88. The maximum atomic E-state index is 11.2. The molecule has 1 atom stereocenters. The van der Waals surface area contributed by atoms with Gasteiger partial charge in [-0.1, -0.05) is 6.07 Å². The van der Waals surface area contributed by atoms with Crippen molar-refractivity contribution in [1.82, 2.24) is 0 Å². The number of ether oxygens (including phenoxy) is 1. The van der Waals surface area contributed by atoms with Gasteiger partial charge in [0, 0.05) is 6.42 Å². The zero-order valence-electron chi connectivity index (χ0n) is 9.27. The lowest BCUT2D eigenvalue weighted by Crippen LogP contribution is -2.13. The molecule has 0 aliphatic carbocycles. The first-order chi connectivity index (χ1) is 8.00. The summed E-state index contributed by atoms with van der Waals surface area (Å²) in [4.78, 5) is 22.3. The first-order valence-corrected chi connectivity index (χ1v) is 5.21. The molecular formula is C12H12O5. The van der Waals surface area contributed by atoms with Crippen LogP contribution < -0.4 is 0 Å². The van der Waals surface area contributed by atoms with E-state index in [0.717, 1.165) is 0 Å². The summed E-state index contributed by atoms with van der Waals surface area (Å²) in [6.45, 7) is 2.22. The van der Waals surface area contributed by atoms with Crippen LogP contribution in [-0.2, 0) is 11.2 Å². The average molecular weight is 236 g/mol. The number of carboxylic acid groups (broad SMARTS) is 2. The SMILES string of the molecule is Cc1ccc(C(=O)O)c(C[C@H]2CO2)c1C(=O)O. The summed E-state index contributed by atoms with van der Waals surface area (Å²) >= 11 is 0. The van der Waals surface area contributed by atoms with E-state index in [1.54, 1.807) is 6.92 Å². The van der Waals surface area contributed by atoms with Crippen LogP contribution in [0, 0.1) is 6.92 Å². The Morgan fingerprint density at radius 3 is 2.47 bits per heavy atom. The molecule has 1 saturated heterocycles. The normalized spacial score (nSPS) is 17.8. The Balaban J connectivity index is 2.56. The third-order valence-electron chi connectivity index (χ3n) is 2.80. The molecule has 0 bridgehead atoms. The van der Waals surface area contributed by atoms with E-state index in [1.165, 1.54) is 12.1 Å². The predicted molar refractivity (Wildman–Crippen MR) is 58.5 cm³/mol. The molecule has 2 N–H and O–H groups in total. The summed E-state index contributed by atoms with van der Waals surface area (Å²) in [5.41, 5.74) is 1.05. The van der Waals surface area contributed by atoms with Crippen LogP contribution in [0.15, 0.2) is 12.1 Å². The summed E-state index contributed by atoms with van der Waals surface area (Å²) in [5.74, 6) is -2.20. The first-order valence-electron chi connectivity index (χ1n) is 5.21. The largest absolute Gasteiger partial charge is 0.478 e. The molecule has 90 valence electrons. The van der Waals surface area contributed by atoms with Gasteiger partial charge >= 0.3 is 11.9 Å². The second kappa shape index (κ2) is 4.18. The van der Waals surface area contributed by atoms with Gasteiger partial charge in [0.15, 0.2) is 0 Å². The number of rotatable bonds is 4. The lowest BCUT2D eigenvalue weighted by Gasteiger charge is -2.11. The van der Waals surface area contributed by atoms with Crippen molar-refractivity contribution >= 4 is 11.9 Å². The Morgan fingerprint density at radius 1 is 1.35 bits per heavy atom. The summed E-state index contributed by atoms with van der Waals surface area (Å²) in [6.07, 6.45) is 0.290. The molecule has 0 amide bonds. The van der Waals surface area contributed by atoms with E-state index in [9.17, 15) is 9.59 Å². The predicted octanol–water partition coefficient (Wildman–Crippen LogP) is 1.33. The number of hydrogen-bond acceptors (Lipinski definition) is 3. The second-order valence-corrected chi connectivity index (χ2v) is 4.05. The van der Waals surface area contributed by atoms with Gasteiger partial charge < -0.3 is 14.9 Å². The van der Waals surface area contributed by atoms with Crippen molar-refractivity contribution in [2.45, 2.75) is 19.4 Å². The molecular weight excluding hydrogens is 224 g/mol. The monoisotopic (exact) mass is 236 g/mol. The van der Waals surface area contributed by atoms with Crippen LogP contribution in [0.25, 0.3) is 0 Å². The maximum Gasteiger partial charge on any atom is 0.336 e. The summed E-state index contributed by atoms with van der Waals surface area (Å²) in [7, 11) is 0. The van der Waals surface area contributed by atoms with Gasteiger partial charge in [0.05, 0.1) is 23.8 Å². The summed E-state index contributed by atoms with van der Waals surface area (Å²) in [5, 5.41) is 18.2. The van der Waals surface area contributed by atoms with E-state index in [4.69, 9.17) is 14.9 Å². The van der Waals surface area contributed by atoms with Gasteiger partial charge in [-0.15, -0.1) is 0 Å². The zero-order chi connectivity index (χ0) is 12.6. The molecule has 0 unspecified atom stereocenters. The van der Waals surface area contributed by atoms with E-state index < -0.39 is 11.9 Å². The van der Waals surface area contributed by atoms with Gasteiger partial charge in [0.1, 0.15) is 0 Å². The molecule has 1 aromatic carbocycles. The summed E-state index contributed by atoms with van der Waals surface area (Å²) < 4.78 is 5.04. The molecule has 5 heteroatoms. The zero-order valence-corrected chi connectivity index (χ0v) is 9.27. The highest BCUT2D eigenvalue weighted by molar-refractivity contribution is 5.97. The van der Waals surface area contributed by atoms with Crippen molar-refractivity contribution < 1.29 is 24.5 Å². The van der Waals surface area contributed by atoms with Crippen LogP contribution >= 0.6 is 0 Å².